The number of amides is 2. The molecule has 0 aliphatic rings. The first kappa shape index (κ1) is 14.7. The van der Waals surface area contributed by atoms with E-state index in [2.05, 4.69) is 0 Å². The van der Waals surface area contributed by atoms with Gasteiger partial charge in [-0.3, -0.25) is 14.4 Å². The van der Waals surface area contributed by atoms with Crippen molar-refractivity contribution in [3.05, 3.63) is 28.8 Å². The molecular formula is C13H16N2O4. The fourth-order valence-electron chi connectivity index (χ4n) is 1.64. The summed E-state index contributed by atoms with van der Waals surface area (Å²) in [5.41, 5.74) is 11.3. The van der Waals surface area contributed by atoms with Gasteiger partial charge in [-0.1, -0.05) is 0 Å². The van der Waals surface area contributed by atoms with Crippen molar-refractivity contribution in [3.63, 3.8) is 0 Å². The van der Waals surface area contributed by atoms with Crippen LogP contribution in [0, 0.1) is 6.92 Å². The molecule has 1 aromatic rings. The molecule has 6 nitrogen and oxygen atoms in total. The van der Waals surface area contributed by atoms with Crippen molar-refractivity contribution in [2.45, 2.75) is 26.9 Å². The summed E-state index contributed by atoms with van der Waals surface area (Å²) in [6.45, 7) is 4.46. The summed E-state index contributed by atoms with van der Waals surface area (Å²) in [5, 5.41) is 0. The fraction of sp³-hybridized carbons (Fsp3) is 0.308. The molecule has 2 amide bonds. The van der Waals surface area contributed by atoms with Gasteiger partial charge < -0.3 is 16.2 Å². The van der Waals surface area contributed by atoms with Gasteiger partial charge in [0.05, 0.1) is 0 Å². The Kier molecular flexibility index (Phi) is 4.26. The summed E-state index contributed by atoms with van der Waals surface area (Å²) in [4.78, 5) is 33.8. The number of ketones is 1. The van der Waals surface area contributed by atoms with Crippen LogP contribution >= 0.6 is 0 Å². The standard InChI is InChI=1S/C13H16N2O4/c1-6-10(7(2)16)4-9(5-11(6)13(15)18)19-8(3)12(14)17/h4-5,8H,1-3H3,(H2,14,17)(H2,15,18). The van der Waals surface area contributed by atoms with E-state index in [1.165, 1.54) is 26.0 Å². The minimum absolute atomic E-state index is 0.180. The van der Waals surface area contributed by atoms with Crippen LogP contribution in [0.1, 0.15) is 40.1 Å². The molecule has 102 valence electrons. The van der Waals surface area contributed by atoms with Crippen LogP contribution in [0.4, 0.5) is 0 Å². The maximum Gasteiger partial charge on any atom is 0.258 e. The molecule has 0 saturated heterocycles. The molecule has 1 aromatic carbocycles. The number of nitrogens with two attached hydrogens (primary N) is 2. The van der Waals surface area contributed by atoms with Gasteiger partial charge in [0, 0.05) is 11.1 Å². The number of ether oxygens (including phenoxy) is 1. The average molecular weight is 264 g/mol. The quantitative estimate of drug-likeness (QED) is 0.756. The largest absolute Gasteiger partial charge is 0.481 e. The highest BCUT2D eigenvalue weighted by Gasteiger charge is 2.17. The summed E-state index contributed by atoms with van der Waals surface area (Å²) in [6.07, 6.45) is -0.872. The molecule has 1 atom stereocenters. The minimum Gasteiger partial charge on any atom is -0.481 e. The predicted octanol–water partition coefficient (Wildman–Crippen LogP) is 0.549. The number of carbonyl (C=O) groups is 3. The topological polar surface area (TPSA) is 112 Å². The van der Waals surface area contributed by atoms with E-state index in [9.17, 15) is 14.4 Å². The van der Waals surface area contributed by atoms with Crippen LogP contribution in [0.2, 0.25) is 0 Å². The highest BCUT2D eigenvalue weighted by Crippen LogP contribution is 2.23. The summed E-state index contributed by atoms with van der Waals surface area (Å²) in [5.74, 6) is -1.34. The second kappa shape index (κ2) is 5.51. The van der Waals surface area contributed by atoms with Gasteiger partial charge in [0.2, 0.25) is 5.91 Å². The van der Waals surface area contributed by atoms with Crippen molar-refractivity contribution < 1.29 is 19.1 Å². The van der Waals surface area contributed by atoms with E-state index < -0.39 is 17.9 Å². The SMILES string of the molecule is CC(=O)c1cc(OC(C)C(N)=O)cc(C(N)=O)c1C. The van der Waals surface area contributed by atoms with Gasteiger partial charge in [-0.25, -0.2) is 0 Å². The fourth-order valence-corrected chi connectivity index (χ4v) is 1.64. The van der Waals surface area contributed by atoms with Crippen LogP contribution in [0.3, 0.4) is 0 Å². The smallest absolute Gasteiger partial charge is 0.258 e. The first-order valence-corrected chi connectivity index (χ1v) is 5.65. The van der Waals surface area contributed by atoms with E-state index in [1.54, 1.807) is 6.92 Å². The Morgan fingerprint density at radius 3 is 2.11 bits per heavy atom. The van der Waals surface area contributed by atoms with Crippen molar-refractivity contribution >= 4 is 17.6 Å². The third-order valence-electron chi connectivity index (χ3n) is 2.74. The Hall–Kier alpha value is -2.37. The van der Waals surface area contributed by atoms with Gasteiger partial charge in [0.15, 0.2) is 11.9 Å². The summed E-state index contributed by atoms with van der Waals surface area (Å²) in [6, 6.07) is 2.85. The van der Waals surface area contributed by atoms with Gasteiger partial charge in [-0.15, -0.1) is 0 Å². The van der Waals surface area contributed by atoms with E-state index in [4.69, 9.17) is 16.2 Å². The molecule has 0 saturated carbocycles. The number of carbonyl (C=O) groups excluding carboxylic acids is 3. The zero-order valence-electron chi connectivity index (χ0n) is 11.0. The highest BCUT2D eigenvalue weighted by atomic mass is 16.5. The maximum atomic E-state index is 11.5. The van der Waals surface area contributed by atoms with Crippen LogP contribution in [0.15, 0.2) is 12.1 Å². The van der Waals surface area contributed by atoms with Gasteiger partial charge in [0.1, 0.15) is 5.75 Å². The molecule has 19 heavy (non-hydrogen) atoms. The third-order valence-corrected chi connectivity index (χ3v) is 2.74. The number of hydrogen-bond acceptors (Lipinski definition) is 4. The zero-order valence-corrected chi connectivity index (χ0v) is 11.0. The molecule has 0 aliphatic heterocycles. The Bertz CT molecular complexity index is 517. The Morgan fingerprint density at radius 2 is 1.68 bits per heavy atom. The first-order chi connectivity index (χ1) is 8.73. The monoisotopic (exact) mass is 264 g/mol. The molecular weight excluding hydrogens is 248 g/mol. The molecule has 4 N–H and O–H groups in total. The normalized spacial score (nSPS) is 11.7. The van der Waals surface area contributed by atoms with Crippen LogP contribution in [0.5, 0.6) is 5.75 Å². The number of benzene rings is 1. The zero-order chi connectivity index (χ0) is 14.7. The molecule has 0 bridgehead atoms. The second-order valence-electron chi connectivity index (χ2n) is 4.23. The van der Waals surface area contributed by atoms with Crippen molar-refractivity contribution in [3.8, 4) is 5.75 Å². The summed E-state index contributed by atoms with van der Waals surface area (Å²) >= 11 is 0. The van der Waals surface area contributed by atoms with Crippen molar-refractivity contribution in [2.75, 3.05) is 0 Å². The van der Waals surface area contributed by atoms with Crippen LogP contribution in [0.25, 0.3) is 0 Å². The van der Waals surface area contributed by atoms with Gasteiger partial charge in [-0.05, 0) is 38.5 Å². The van der Waals surface area contributed by atoms with E-state index in [1.807, 2.05) is 0 Å². The van der Waals surface area contributed by atoms with Crippen molar-refractivity contribution in [1.29, 1.82) is 0 Å². The van der Waals surface area contributed by atoms with Gasteiger partial charge in [0.25, 0.3) is 5.91 Å². The van der Waals surface area contributed by atoms with Crippen LogP contribution in [-0.2, 0) is 4.79 Å². The Labute approximate surface area is 110 Å². The van der Waals surface area contributed by atoms with E-state index >= 15 is 0 Å². The molecule has 0 fully saturated rings. The lowest BCUT2D eigenvalue weighted by atomic mass is 9.99. The molecule has 0 radical (unpaired) electrons. The second-order valence-corrected chi connectivity index (χ2v) is 4.23. The predicted molar refractivity (Wildman–Crippen MR) is 69.0 cm³/mol. The number of Topliss-reactive ketones (excluding diaryl/α,β-unsaturated/α-hetero) is 1. The molecule has 1 unspecified atom stereocenters. The van der Waals surface area contributed by atoms with Gasteiger partial charge in [-0.2, -0.15) is 0 Å². The maximum absolute atomic E-state index is 11.5. The molecule has 0 aliphatic carbocycles. The van der Waals surface area contributed by atoms with E-state index in [0.29, 0.717) is 11.1 Å². The summed E-state index contributed by atoms with van der Waals surface area (Å²) in [7, 11) is 0. The molecule has 6 heteroatoms. The average Bonchev–Trinajstić information content (AvgIpc) is 2.30. The molecule has 1 rings (SSSR count). The third kappa shape index (κ3) is 3.31. The molecule has 0 aromatic heterocycles. The van der Waals surface area contributed by atoms with Crippen LogP contribution in [-0.4, -0.2) is 23.7 Å². The van der Waals surface area contributed by atoms with Crippen molar-refractivity contribution in [2.24, 2.45) is 11.5 Å². The van der Waals surface area contributed by atoms with Crippen molar-refractivity contribution in [1.82, 2.24) is 0 Å². The number of primary amides is 2. The molecule has 0 spiro atoms. The lowest BCUT2D eigenvalue weighted by molar-refractivity contribution is -0.123. The van der Waals surface area contributed by atoms with Crippen LogP contribution < -0.4 is 16.2 Å². The molecule has 0 heterocycles. The summed E-state index contributed by atoms with van der Waals surface area (Å²) < 4.78 is 5.28. The van der Waals surface area contributed by atoms with Gasteiger partial charge >= 0.3 is 0 Å². The number of hydrogen-bond donors (Lipinski definition) is 2. The van der Waals surface area contributed by atoms with E-state index in [0.717, 1.165) is 0 Å². The Balaban J connectivity index is 3.30. The highest BCUT2D eigenvalue weighted by molar-refractivity contribution is 6.02. The lowest BCUT2D eigenvalue weighted by Crippen LogP contribution is -2.30. The van der Waals surface area contributed by atoms with E-state index in [-0.39, 0.29) is 17.1 Å². The lowest BCUT2D eigenvalue weighted by Gasteiger charge is -2.15. The number of rotatable bonds is 5. The first-order valence-electron chi connectivity index (χ1n) is 5.65. The Morgan fingerprint density at radius 1 is 1.16 bits per heavy atom. The minimum atomic E-state index is -0.872.